The molecule has 0 radical (unpaired) electrons. The van der Waals surface area contributed by atoms with E-state index in [0.717, 1.165) is 19.3 Å². The van der Waals surface area contributed by atoms with E-state index in [0.29, 0.717) is 17.6 Å². The molecule has 0 atom stereocenters. The van der Waals surface area contributed by atoms with Crippen molar-refractivity contribution < 1.29 is 9.53 Å². The van der Waals surface area contributed by atoms with Gasteiger partial charge in [0.25, 0.3) is 0 Å². The van der Waals surface area contributed by atoms with Gasteiger partial charge in [-0.1, -0.05) is 33.8 Å². The predicted octanol–water partition coefficient (Wildman–Crippen LogP) is 3.32. The molecular formula is C12H22O2. The van der Waals surface area contributed by atoms with Crippen molar-refractivity contribution in [3.63, 3.8) is 0 Å². The van der Waals surface area contributed by atoms with Gasteiger partial charge in [0.2, 0.25) is 0 Å². The van der Waals surface area contributed by atoms with Gasteiger partial charge < -0.3 is 4.74 Å². The summed E-state index contributed by atoms with van der Waals surface area (Å²) < 4.78 is 5.00. The molecule has 0 aliphatic carbocycles. The van der Waals surface area contributed by atoms with Crippen molar-refractivity contribution in [3.8, 4) is 0 Å². The molecule has 0 amide bonds. The molecule has 0 aromatic heterocycles. The highest BCUT2D eigenvalue weighted by Crippen LogP contribution is 2.25. The van der Waals surface area contributed by atoms with Crippen LogP contribution in [-0.2, 0) is 9.53 Å². The Morgan fingerprint density at radius 1 is 1.43 bits per heavy atom. The van der Waals surface area contributed by atoms with E-state index in [1.807, 2.05) is 0 Å². The van der Waals surface area contributed by atoms with Crippen LogP contribution in [0.5, 0.6) is 0 Å². The zero-order valence-electron chi connectivity index (χ0n) is 9.85. The first-order chi connectivity index (χ1) is 6.39. The van der Waals surface area contributed by atoms with Crippen molar-refractivity contribution in [2.45, 2.75) is 47.0 Å². The highest BCUT2D eigenvalue weighted by atomic mass is 16.5. The quantitative estimate of drug-likeness (QED) is 0.372. The maximum absolute atomic E-state index is 11.0. The molecule has 0 rings (SSSR count). The third-order valence-corrected chi connectivity index (χ3v) is 2.54. The lowest BCUT2D eigenvalue weighted by molar-refractivity contribution is -0.139. The van der Waals surface area contributed by atoms with Crippen molar-refractivity contribution in [3.05, 3.63) is 12.2 Å². The van der Waals surface area contributed by atoms with E-state index < -0.39 is 0 Å². The van der Waals surface area contributed by atoms with E-state index in [9.17, 15) is 4.79 Å². The summed E-state index contributed by atoms with van der Waals surface area (Å²) >= 11 is 0. The molecule has 82 valence electrons. The molecule has 0 saturated carbocycles. The van der Waals surface area contributed by atoms with Gasteiger partial charge in [-0.3, -0.25) is 0 Å². The third kappa shape index (κ3) is 5.79. The minimum Gasteiger partial charge on any atom is -0.462 e. The molecule has 0 aliphatic rings. The van der Waals surface area contributed by atoms with Gasteiger partial charge in [0, 0.05) is 5.57 Å². The van der Waals surface area contributed by atoms with Crippen LogP contribution in [0.4, 0.5) is 0 Å². The predicted molar refractivity (Wildman–Crippen MR) is 59.1 cm³/mol. The summed E-state index contributed by atoms with van der Waals surface area (Å²) in [5.74, 6) is -0.278. The summed E-state index contributed by atoms with van der Waals surface area (Å²) in [5.41, 5.74) is 0.829. The second-order valence-electron chi connectivity index (χ2n) is 4.54. The van der Waals surface area contributed by atoms with Gasteiger partial charge in [0.15, 0.2) is 0 Å². The Morgan fingerprint density at radius 2 is 2.00 bits per heavy atom. The first-order valence-corrected chi connectivity index (χ1v) is 5.21. The summed E-state index contributed by atoms with van der Waals surface area (Å²) in [6.45, 7) is 12.3. The van der Waals surface area contributed by atoms with Gasteiger partial charge in [-0.05, 0) is 25.2 Å². The molecule has 0 saturated heterocycles. The second-order valence-corrected chi connectivity index (χ2v) is 4.54. The Kier molecular flexibility index (Phi) is 5.51. The van der Waals surface area contributed by atoms with Crippen molar-refractivity contribution in [1.82, 2.24) is 0 Å². The Morgan fingerprint density at radius 3 is 2.43 bits per heavy atom. The number of hydrogen-bond donors (Lipinski definition) is 0. The van der Waals surface area contributed by atoms with Crippen LogP contribution in [-0.4, -0.2) is 12.6 Å². The van der Waals surface area contributed by atoms with Crippen molar-refractivity contribution in [1.29, 1.82) is 0 Å². The van der Waals surface area contributed by atoms with E-state index >= 15 is 0 Å². The minimum absolute atomic E-state index is 0.278. The number of esters is 1. The zero-order chi connectivity index (χ0) is 11.2. The SMILES string of the molecule is C=C(C)C(=O)OCCCC(C)(C)CC. The fraction of sp³-hybridized carbons (Fsp3) is 0.750. The molecule has 0 bridgehead atoms. The van der Waals surface area contributed by atoms with Gasteiger partial charge >= 0.3 is 5.97 Å². The Bertz CT molecular complexity index is 204. The molecular weight excluding hydrogens is 176 g/mol. The van der Waals surface area contributed by atoms with Crippen LogP contribution in [0.1, 0.15) is 47.0 Å². The van der Waals surface area contributed by atoms with E-state index in [-0.39, 0.29) is 5.97 Å². The fourth-order valence-corrected chi connectivity index (χ4v) is 1.02. The summed E-state index contributed by atoms with van der Waals surface area (Å²) in [7, 11) is 0. The summed E-state index contributed by atoms with van der Waals surface area (Å²) in [6.07, 6.45) is 3.17. The summed E-state index contributed by atoms with van der Waals surface area (Å²) in [5, 5.41) is 0. The van der Waals surface area contributed by atoms with E-state index in [4.69, 9.17) is 4.74 Å². The summed E-state index contributed by atoms with van der Waals surface area (Å²) in [4.78, 5) is 11.0. The number of ether oxygens (including phenoxy) is 1. The maximum atomic E-state index is 11.0. The fourth-order valence-electron chi connectivity index (χ4n) is 1.02. The average molecular weight is 198 g/mol. The van der Waals surface area contributed by atoms with Crippen LogP contribution < -0.4 is 0 Å². The molecule has 0 heterocycles. The maximum Gasteiger partial charge on any atom is 0.333 e. The Hall–Kier alpha value is -0.790. The van der Waals surface area contributed by atoms with Gasteiger partial charge in [-0.2, -0.15) is 0 Å². The molecule has 0 aliphatic heterocycles. The number of carbonyl (C=O) groups is 1. The smallest absolute Gasteiger partial charge is 0.333 e. The number of hydrogen-bond acceptors (Lipinski definition) is 2. The lowest BCUT2D eigenvalue weighted by atomic mass is 9.85. The van der Waals surface area contributed by atoms with Gasteiger partial charge in [-0.15, -0.1) is 0 Å². The molecule has 0 aromatic rings. The monoisotopic (exact) mass is 198 g/mol. The minimum atomic E-state index is -0.278. The molecule has 0 spiro atoms. The van der Waals surface area contributed by atoms with Crippen LogP contribution in [0.25, 0.3) is 0 Å². The lowest BCUT2D eigenvalue weighted by Crippen LogP contribution is -2.12. The largest absolute Gasteiger partial charge is 0.462 e. The molecule has 2 nitrogen and oxygen atoms in total. The molecule has 0 fully saturated rings. The van der Waals surface area contributed by atoms with Crippen LogP contribution in [0.15, 0.2) is 12.2 Å². The topological polar surface area (TPSA) is 26.3 Å². The Balaban J connectivity index is 3.57. The van der Waals surface area contributed by atoms with Crippen molar-refractivity contribution in [2.75, 3.05) is 6.61 Å². The lowest BCUT2D eigenvalue weighted by Gasteiger charge is -2.21. The Labute approximate surface area is 87.3 Å². The third-order valence-electron chi connectivity index (χ3n) is 2.54. The molecule has 0 aromatic carbocycles. The number of carbonyl (C=O) groups excluding carboxylic acids is 1. The highest BCUT2D eigenvalue weighted by molar-refractivity contribution is 5.86. The average Bonchev–Trinajstić information content (AvgIpc) is 2.12. The molecule has 14 heavy (non-hydrogen) atoms. The summed E-state index contributed by atoms with van der Waals surface area (Å²) in [6, 6.07) is 0. The van der Waals surface area contributed by atoms with Crippen LogP contribution in [0.3, 0.4) is 0 Å². The van der Waals surface area contributed by atoms with Gasteiger partial charge in [0.05, 0.1) is 6.61 Å². The van der Waals surface area contributed by atoms with Crippen molar-refractivity contribution >= 4 is 5.97 Å². The van der Waals surface area contributed by atoms with Crippen LogP contribution in [0.2, 0.25) is 0 Å². The molecule has 0 unspecified atom stereocenters. The van der Waals surface area contributed by atoms with E-state index in [2.05, 4.69) is 27.4 Å². The second kappa shape index (κ2) is 5.84. The first-order valence-electron chi connectivity index (χ1n) is 5.21. The molecule has 2 heteroatoms. The van der Waals surface area contributed by atoms with Crippen LogP contribution in [0, 0.1) is 5.41 Å². The van der Waals surface area contributed by atoms with Crippen molar-refractivity contribution in [2.24, 2.45) is 5.41 Å². The standard InChI is InChI=1S/C12H22O2/c1-6-12(4,5)8-7-9-14-11(13)10(2)3/h2,6-9H2,1,3-5H3. The van der Waals surface area contributed by atoms with E-state index in [1.54, 1.807) is 6.92 Å². The van der Waals surface area contributed by atoms with Gasteiger partial charge in [0.1, 0.15) is 0 Å². The van der Waals surface area contributed by atoms with Crippen LogP contribution >= 0.6 is 0 Å². The van der Waals surface area contributed by atoms with E-state index in [1.165, 1.54) is 0 Å². The zero-order valence-corrected chi connectivity index (χ0v) is 9.85. The highest BCUT2D eigenvalue weighted by Gasteiger charge is 2.14. The normalized spacial score (nSPS) is 11.1. The van der Waals surface area contributed by atoms with Gasteiger partial charge in [-0.25, -0.2) is 4.79 Å². The number of rotatable bonds is 6. The first kappa shape index (κ1) is 13.2. The molecule has 0 N–H and O–H groups in total.